The van der Waals surface area contributed by atoms with E-state index in [9.17, 15) is 4.79 Å². The molecule has 1 saturated heterocycles. The highest BCUT2D eigenvalue weighted by molar-refractivity contribution is 7.99. The summed E-state index contributed by atoms with van der Waals surface area (Å²) in [4.78, 5) is 11.0. The first-order chi connectivity index (χ1) is 8.75. The van der Waals surface area contributed by atoms with Gasteiger partial charge < -0.3 is 9.67 Å². The van der Waals surface area contributed by atoms with E-state index >= 15 is 0 Å². The fraction of sp³-hybridized carbons (Fsp3) is 0.750. The average molecular weight is 267 g/mol. The van der Waals surface area contributed by atoms with Crippen molar-refractivity contribution in [2.24, 2.45) is 5.92 Å². The van der Waals surface area contributed by atoms with E-state index in [2.05, 4.69) is 14.8 Å². The van der Waals surface area contributed by atoms with Crippen LogP contribution in [0.5, 0.6) is 0 Å². The summed E-state index contributed by atoms with van der Waals surface area (Å²) < 4.78 is 2.16. The van der Waals surface area contributed by atoms with E-state index in [0.717, 1.165) is 23.9 Å². The molecule has 2 aliphatic rings. The Kier molecular flexibility index (Phi) is 3.28. The van der Waals surface area contributed by atoms with E-state index in [-0.39, 0.29) is 5.92 Å². The summed E-state index contributed by atoms with van der Waals surface area (Å²) in [6.07, 6.45) is 3.66. The molecular formula is C12H17N3O2S. The van der Waals surface area contributed by atoms with Gasteiger partial charge in [0.15, 0.2) is 0 Å². The Hall–Kier alpha value is -1.04. The van der Waals surface area contributed by atoms with Crippen LogP contribution in [0.3, 0.4) is 0 Å². The zero-order valence-electron chi connectivity index (χ0n) is 10.2. The van der Waals surface area contributed by atoms with Crippen molar-refractivity contribution in [3.8, 4) is 0 Å². The first-order valence-corrected chi connectivity index (χ1v) is 7.63. The quantitative estimate of drug-likeness (QED) is 0.880. The number of carbonyl (C=O) groups is 1. The van der Waals surface area contributed by atoms with Crippen LogP contribution in [-0.4, -0.2) is 37.3 Å². The first-order valence-electron chi connectivity index (χ1n) is 6.48. The first kappa shape index (κ1) is 12.0. The Morgan fingerprint density at radius 3 is 3.00 bits per heavy atom. The lowest BCUT2D eigenvalue weighted by Crippen LogP contribution is -2.27. The van der Waals surface area contributed by atoms with Crippen molar-refractivity contribution in [3.05, 3.63) is 11.6 Å². The van der Waals surface area contributed by atoms with E-state index < -0.39 is 5.97 Å². The maximum Gasteiger partial charge on any atom is 0.307 e. The second-order valence-electron chi connectivity index (χ2n) is 5.07. The maximum absolute atomic E-state index is 11.0. The molecule has 3 heterocycles. The Labute approximate surface area is 110 Å². The van der Waals surface area contributed by atoms with Gasteiger partial charge in [0, 0.05) is 24.6 Å². The summed E-state index contributed by atoms with van der Waals surface area (Å²) in [5.41, 5.74) is 0. The standard InChI is InChI=1S/C12H17N3O2S/c16-12(17)8-3-4-15-10(6-8)13-14-11(15)9-2-1-5-18-7-9/h8-9H,1-7H2,(H,16,17). The molecule has 0 spiro atoms. The molecule has 1 aromatic rings. The van der Waals surface area contributed by atoms with Crippen LogP contribution in [-0.2, 0) is 17.8 Å². The number of carboxylic acids is 1. The highest BCUT2D eigenvalue weighted by atomic mass is 32.2. The van der Waals surface area contributed by atoms with Gasteiger partial charge in [0.1, 0.15) is 11.6 Å². The Morgan fingerprint density at radius 2 is 2.28 bits per heavy atom. The molecule has 5 nitrogen and oxygen atoms in total. The summed E-state index contributed by atoms with van der Waals surface area (Å²) in [6.45, 7) is 0.760. The van der Waals surface area contributed by atoms with E-state index in [0.29, 0.717) is 18.8 Å². The predicted octanol–water partition coefficient (Wildman–Crippen LogP) is 1.54. The van der Waals surface area contributed by atoms with E-state index in [1.165, 1.54) is 18.6 Å². The lowest BCUT2D eigenvalue weighted by atomic mass is 9.97. The molecule has 3 rings (SSSR count). The normalized spacial score (nSPS) is 27.8. The van der Waals surface area contributed by atoms with Crippen LogP contribution in [0.2, 0.25) is 0 Å². The highest BCUT2D eigenvalue weighted by Crippen LogP contribution is 2.32. The largest absolute Gasteiger partial charge is 0.481 e. The molecule has 1 aromatic heterocycles. The molecule has 0 bridgehead atoms. The number of hydrogen-bond donors (Lipinski definition) is 1. The molecule has 2 aliphatic heterocycles. The molecule has 0 saturated carbocycles. The smallest absolute Gasteiger partial charge is 0.307 e. The van der Waals surface area contributed by atoms with Gasteiger partial charge in [0.05, 0.1) is 5.92 Å². The second-order valence-corrected chi connectivity index (χ2v) is 6.22. The number of carboxylic acid groups (broad SMARTS) is 1. The summed E-state index contributed by atoms with van der Waals surface area (Å²) >= 11 is 1.98. The summed E-state index contributed by atoms with van der Waals surface area (Å²) in [5, 5.41) is 17.6. The fourth-order valence-electron chi connectivity index (χ4n) is 2.81. The summed E-state index contributed by atoms with van der Waals surface area (Å²) in [5.74, 6) is 3.83. The topological polar surface area (TPSA) is 68.0 Å². The van der Waals surface area contributed by atoms with Crippen LogP contribution in [0.1, 0.15) is 36.8 Å². The van der Waals surface area contributed by atoms with Crippen LogP contribution in [0, 0.1) is 5.92 Å². The van der Waals surface area contributed by atoms with Gasteiger partial charge >= 0.3 is 5.97 Å². The third-order valence-corrected chi connectivity index (χ3v) is 5.08. The average Bonchev–Trinajstić information content (AvgIpc) is 2.82. The fourth-order valence-corrected chi connectivity index (χ4v) is 3.95. The molecule has 0 amide bonds. The minimum absolute atomic E-state index is 0.282. The van der Waals surface area contributed by atoms with Gasteiger partial charge in [-0.15, -0.1) is 10.2 Å². The van der Waals surface area contributed by atoms with E-state index in [1.807, 2.05) is 11.8 Å². The molecule has 2 unspecified atom stereocenters. The molecular weight excluding hydrogens is 250 g/mol. The van der Waals surface area contributed by atoms with Crippen molar-refractivity contribution in [2.75, 3.05) is 11.5 Å². The number of fused-ring (bicyclic) bond motifs is 1. The number of aliphatic carboxylic acids is 1. The van der Waals surface area contributed by atoms with Crippen LogP contribution < -0.4 is 0 Å². The van der Waals surface area contributed by atoms with Gasteiger partial charge in [-0.05, 0) is 25.0 Å². The van der Waals surface area contributed by atoms with Crippen molar-refractivity contribution in [2.45, 2.75) is 38.1 Å². The minimum Gasteiger partial charge on any atom is -0.481 e. The number of thioether (sulfide) groups is 1. The van der Waals surface area contributed by atoms with Crippen LogP contribution >= 0.6 is 11.8 Å². The lowest BCUT2D eigenvalue weighted by molar-refractivity contribution is -0.142. The van der Waals surface area contributed by atoms with Crippen molar-refractivity contribution in [1.29, 1.82) is 0 Å². The highest BCUT2D eigenvalue weighted by Gasteiger charge is 2.30. The molecule has 18 heavy (non-hydrogen) atoms. The summed E-state index contributed by atoms with van der Waals surface area (Å²) in [7, 11) is 0. The lowest BCUT2D eigenvalue weighted by Gasteiger charge is -2.25. The Bertz CT molecular complexity index is 454. The van der Waals surface area contributed by atoms with Gasteiger partial charge in [-0.2, -0.15) is 11.8 Å². The number of aromatic nitrogens is 3. The van der Waals surface area contributed by atoms with Gasteiger partial charge in [-0.25, -0.2) is 0 Å². The molecule has 0 aliphatic carbocycles. The Morgan fingerprint density at radius 1 is 1.39 bits per heavy atom. The predicted molar refractivity (Wildman–Crippen MR) is 68.8 cm³/mol. The third-order valence-electron chi connectivity index (χ3n) is 3.86. The molecule has 1 fully saturated rings. The number of nitrogens with zero attached hydrogens (tertiary/aromatic N) is 3. The number of hydrogen-bond acceptors (Lipinski definition) is 4. The van der Waals surface area contributed by atoms with Gasteiger partial charge in [-0.3, -0.25) is 4.79 Å². The molecule has 98 valence electrons. The molecule has 6 heteroatoms. The van der Waals surface area contributed by atoms with Crippen LogP contribution in [0.15, 0.2) is 0 Å². The van der Waals surface area contributed by atoms with Crippen molar-refractivity contribution < 1.29 is 9.90 Å². The maximum atomic E-state index is 11.0. The minimum atomic E-state index is -0.709. The Balaban J connectivity index is 1.81. The van der Waals surface area contributed by atoms with Gasteiger partial charge in [0.25, 0.3) is 0 Å². The molecule has 0 radical (unpaired) electrons. The van der Waals surface area contributed by atoms with Crippen LogP contribution in [0.4, 0.5) is 0 Å². The molecule has 2 atom stereocenters. The van der Waals surface area contributed by atoms with E-state index in [4.69, 9.17) is 5.11 Å². The van der Waals surface area contributed by atoms with Gasteiger partial charge in [-0.1, -0.05) is 0 Å². The van der Waals surface area contributed by atoms with E-state index in [1.54, 1.807) is 0 Å². The van der Waals surface area contributed by atoms with Crippen molar-refractivity contribution >= 4 is 17.7 Å². The third kappa shape index (κ3) is 2.13. The monoisotopic (exact) mass is 267 g/mol. The zero-order valence-corrected chi connectivity index (χ0v) is 11.0. The molecule has 0 aromatic carbocycles. The molecule has 1 N–H and O–H groups in total. The number of rotatable bonds is 2. The van der Waals surface area contributed by atoms with Gasteiger partial charge in [0.2, 0.25) is 0 Å². The van der Waals surface area contributed by atoms with Crippen LogP contribution in [0.25, 0.3) is 0 Å². The summed E-state index contributed by atoms with van der Waals surface area (Å²) in [6, 6.07) is 0. The van der Waals surface area contributed by atoms with Crippen molar-refractivity contribution in [3.63, 3.8) is 0 Å². The SMILES string of the molecule is O=C(O)C1CCn2c(nnc2C2CCCSC2)C1. The second kappa shape index (κ2) is 4.91. The zero-order chi connectivity index (χ0) is 12.5. The van der Waals surface area contributed by atoms with Crippen molar-refractivity contribution in [1.82, 2.24) is 14.8 Å².